The number of allylic oxidation sites excluding steroid dienone is 20. The van der Waals surface area contributed by atoms with Crippen LogP contribution in [0.3, 0.4) is 0 Å². The molecule has 100 heavy (non-hydrogen) atoms. The van der Waals surface area contributed by atoms with Gasteiger partial charge < -0.3 is 33.8 Å². The van der Waals surface area contributed by atoms with Gasteiger partial charge in [-0.2, -0.15) is 0 Å². The number of phosphoric acid groups is 2. The summed E-state index contributed by atoms with van der Waals surface area (Å²) >= 11 is 0. The lowest BCUT2D eigenvalue weighted by Crippen LogP contribution is -2.30. The summed E-state index contributed by atoms with van der Waals surface area (Å²) in [5.41, 5.74) is 0. The molecule has 0 saturated carbocycles. The predicted octanol–water partition coefficient (Wildman–Crippen LogP) is 22.3. The van der Waals surface area contributed by atoms with Gasteiger partial charge in [-0.25, -0.2) is 9.13 Å². The number of hydrogen-bond donors (Lipinski definition) is 3. The number of carbonyl (C=O) groups excluding carboxylic acids is 4. The van der Waals surface area contributed by atoms with Crippen LogP contribution < -0.4 is 0 Å². The van der Waals surface area contributed by atoms with Crippen LogP contribution >= 0.6 is 15.6 Å². The van der Waals surface area contributed by atoms with Gasteiger partial charge in [0.2, 0.25) is 0 Å². The lowest BCUT2D eigenvalue weighted by Gasteiger charge is -2.21. The predicted molar refractivity (Wildman–Crippen MR) is 408 cm³/mol. The van der Waals surface area contributed by atoms with E-state index >= 15 is 0 Å². The number of ether oxygens (including phenoxy) is 4. The van der Waals surface area contributed by atoms with Crippen molar-refractivity contribution in [2.24, 2.45) is 0 Å². The highest BCUT2D eigenvalue weighted by molar-refractivity contribution is 7.47. The van der Waals surface area contributed by atoms with Crippen LogP contribution in [-0.2, 0) is 65.4 Å². The van der Waals surface area contributed by atoms with E-state index < -0.39 is 97.5 Å². The summed E-state index contributed by atoms with van der Waals surface area (Å²) in [7, 11) is -9.97. The molecular formula is C81H138O17P2. The second kappa shape index (κ2) is 72.8. The van der Waals surface area contributed by atoms with E-state index in [1.165, 1.54) is 64.2 Å². The van der Waals surface area contributed by atoms with Gasteiger partial charge in [-0.3, -0.25) is 37.3 Å². The zero-order valence-electron chi connectivity index (χ0n) is 62.6. The highest BCUT2D eigenvalue weighted by atomic mass is 31.2. The molecular weight excluding hydrogens is 1310 g/mol. The summed E-state index contributed by atoms with van der Waals surface area (Å²) in [6.45, 7) is 4.51. The van der Waals surface area contributed by atoms with Crippen LogP contribution in [0.4, 0.5) is 0 Å². The maximum absolute atomic E-state index is 13.1. The molecule has 0 spiro atoms. The van der Waals surface area contributed by atoms with Crippen molar-refractivity contribution in [2.75, 3.05) is 39.6 Å². The Bertz CT molecular complexity index is 2370. The zero-order valence-corrected chi connectivity index (χ0v) is 64.4. The first kappa shape index (κ1) is 95.5. The zero-order chi connectivity index (χ0) is 73.2. The Kier molecular flexibility index (Phi) is 69.5. The molecule has 3 N–H and O–H groups in total. The molecule has 0 heterocycles. The van der Waals surface area contributed by atoms with Crippen molar-refractivity contribution in [2.45, 2.75) is 329 Å². The van der Waals surface area contributed by atoms with Gasteiger partial charge in [0.05, 0.1) is 26.4 Å². The van der Waals surface area contributed by atoms with Crippen LogP contribution in [0, 0.1) is 0 Å². The number of unbranched alkanes of at least 4 members (excludes halogenated alkanes) is 26. The number of carbonyl (C=O) groups is 4. The third kappa shape index (κ3) is 71.8. The summed E-state index contributed by atoms with van der Waals surface area (Å²) < 4.78 is 68.5. The van der Waals surface area contributed by atoms with Crippen LogP contribution in [-0.4, -0.2) is 96.7 Å². The summed E-state index contributed by atoms with van der Waals surface area (Å²) in [4.78, 5) is 72.9. The van der Waals surface area contributed by atoms with Gasteiger partial charge in [-0.1, -0.05) is 278 Å². The van der Waals surface area contributed by atoms with Crippen LogP contribution in [0.2, 0.25) is 0 Å². The fraction of sp³-hybridized carbons (Fsp3) is 0.704. The molecule has 0 aromatic heterocycles. The number of esters is 4. The van der Waals surface area contributed by atoms with Gasteiger partial charge in [0.25, 0.3) is 0 Å². The Morgan fingerprint density at radius 3 is 0.860 bits per heavy atom. The van der Waals surface area contributed by atoms with Crippen molar-refractivity contribution >= 4 is 39.5 Å². The molecule has 0 rings (SSSR count). The van der Waals surface area contributed by atoms with E-state index in [1.54, 1.807) is 0 Å². The Labute approximate surface area is 606 Å². The Hall–Kier alpha value is -4.54. The number of aliphatic hydroxyl groups is 1. The number of aliphatic hydroxyl groups excluding tert-OH is 1. The van der Waals surface area contributed by atoms with Gasteiger partial charge >= 0.3 is 39.5 Å². The molecule has 0 aromatic carbocycles. The third-order valence-corrected chi connectivity index (χ3v) is 17.8. The van der Waals surface area contributed by atoms with E-state index in [4.69, 9.17) is 37.0 Å². The largest absolute Gasteiger partial charge is 0.472 e. The number of rotatable bonds is 72. The SMILES string of the molecule is CC/C=C\C/C=C\C/C=C\C/C=C\CCCCCCC(=O)OCC(COP(=O)(O)OCC(O)COP(=O)(O)OCC(COC(=O)CCCC/C=C\C/C=C\C/C=C\C/C=C\CC)OC(=O)CCCCCCC/C=C\C/C=C\CCC)OC(=O)CCCCCCCCCCCCCCCCC. The highest BCUT2D eigenvalue weighted by Crippen LogP contribution is 2.45. The third-order valence-electron chi connectivity index (χ3n) is 15.9. The molecule has 0 amide bonds. The minimum atomic E-state index is -4.99. The lowest BCUT2D eigenvalue weighted by atomic mass is 10.0. The van der Waals surface area contributed by atoms with Gasteiger partial charge in [0.1, 0.15) is 19.3 Å². The summed E-state index contributed by atoms with van der Waals surface area (Å²) in [6, 6.07) is 0. The molecule has 0 aliphatic carbocycles. The highest BCUT2D eigenvalue weighted by Gasteiger charge is 2.30. The fourth-order valence-electron chi connectivity index (χ4n) is 10.1. The van der Waals surface area contributed by atoms with Crippen molar-refractivity contribution < 1.29 is 80.2 Å². The van der Waals surface area contributed by atoms with E-state index in [9.17, 15) is 43.2 Å². The van der Waals surface area contributed by atoms with Crippen molar-refractivity contribution in [3.8, 4) is 0 Å². The first-order valence-corrected chi connectivity index (χ1v) is 41.8. The number of hydrogen-bond acceptors (Lipinski definition) is 15. The van der Waals surface area contributed by atoms with Crippen molar-refractivity contribution in [1.82, 2.24) is 0 Å². The van der Waals surface area contributed by atoms with Gasteiger partial charge in [0, 0.05) is 25.7 Å². The maximum atomic E-state index is 13.1. The smallest absolute Gasteiger partial charge is 0.462 e. The van der Waals surface area contributed by atoms with Crippen LogP contribution in [0.25, 0.3) is 0 Å². The molecule has 17 nitrogen and oxygen atoms in total. The van der Waals surface area contributed by atoms with Crippen molar-refractivity contribution in [1.29, 1.82) is 0 Å². The second-order valence-corrected chi connectivity index (χ2v) is 28.4. The molecule has 0 radical (unpaired) electrons. The average Bonchev–Trinajstić information content (AvgIpc) is 1.06. The van der Waals surface area contributed by atoms with Crippen LogP contribution in [0.5, 0.6) is 0 Å². The van der Waals surface area contributed by atoms with Crippen LogP contribution in [0.15, 0.2) is 122 Å². The molecule has 0 saturated heterocycles. The monoisotopic (exact) mass is 1440 g/mol. The first-order chi connectivity index (χ1) is 48.7. The fourth-order valence-corrected chi connectivity index (χ4v) is 11.6. The second-order valence-electron chi connectivity index (χ2n) is 25.5. The average molecular weight is 1450 g/mol. The van der Waals surface area contributed by atoms with E-state index in [-0.39, 0.29) is 25.7 Å². The maximum Gasteiger partial charge on any atom is 0.472 e. The molecule has 0 fully saturated rings. The molecule has 5 unspecified atom stereocenters. The summed E-state index contributed by atoms with van der Waals surface area (Å²) in [5, 5.41) is 10.6. The molecule has 0 bridgehead atoms. The lowest BCUT2D eigenvalue weighted by molar-refractivity contribution is -0.161. The minimum Gasteiger partial charge on any atom is -0.462 e. The normalized spacial score (nSPS) is 14.6. The van der Waals surface area contributed by atoms with Crippen molar-refractivity contribution in [3.63, 3.8) is 0 Å². The Morgan fingerprint density at radius 2 is 0.540 bits per heavy atom. The summed E-state index contributed by atoms with van der Waals surface area (Å²) in [5.74, 6) is -2.26. The van der Waals surface area contributed by atoms with E-state index in [2.05, 4.69) is 149 Å². The Morgan fingerprint density at radius 1 is 0.290 bits per heavy atom. The molecule has 0 aliphatic heterocycles. The molecule has 0 aliphatic rings. The minimum absolute atomic E-state index is 0.0673. The molecule has 5 atom stereocenters. The van der Waals surface area contributed by atoms with E-state index in [0.717, 1.165) is 167 Å². The first-order valence-electron chi connectivity index (χ1n) is 38.8. The van der Waals surface area contributed by atoms with Crippen LogP contribution in [0.1, 0.15) is 310 Å². The van der Waals surface area contributed by atoms with Gasteiger partial charge in [-0.15, -0.1) is 0 Å². The topological polar surface area (TPSA) is 237 Å². The molecule has 19 heteroatoms. The number of phosphoric ester groups is 2. The standard InChI is InChI=1S/C81H138O17P2/c1-5-9-13-17-21-25-29-33-36-37-40-43-46-50-54-58-62-66-79(84)92-72-77(98-81(86)68-64-60-56-52-48-44-39-35-31-27-23-19-15-11-7-3)74-96-100(89,90)94-70-75(82)69-93-99(87,88)95-73-76(97-80(85)67-63-59-55-51-47-41-32-28-24-20-16-12-8-4)71-91-78(83)65-61-57-53-49-45-42-38-34-30-26-22-18-14-10-6-2/h9-10,13-14,16,20-22,25-26,28,32-34,36,38,40,43,45,49,75-77,82H,5-8,11-12,15,17-19,23-24,27,29-31,35,37,39,41-42,44,46-48,50-74H2,1-4H3,(H,87,88)(H,89,90)/b13-9-,14-10-,20-16-,25-21-,26-22-,32-28-,36-33-,38-34-,43-40-,49-45-. The molecule has 574 valence electrons. The van der Waals surface area contributed by atoms with Crippen molar-refractivity contribution in [3.05, 3.63) is 122 Å². The van der Waals surface area contributed by atoms with Gasteiger partial charge in [-0.05, 0) is 128 Å². The Balaban J connectivity index is 5.40. The van der Waals surface area contributed by atoms with E-state index in [0.29, 0.717) is 25.7 Å². The summed E-state index contributed by atoms with van der Waals surface area (Å²) in [6.07, 6.45) is 79.0. The van der Waals surface area contributed by atoms with E-state index in [1.807, 2.05) is 0 Å². The molecule has 0 aromatic rings. The quantitative estimate of drug-likeness (QED) is 0.0169. The van der Waals surface area contributed by atoms with Gasteiger partial charge in [0.15, 0.2) is 12.2 Å².